The van der Waals surface area contributed by atoms with Gasteiger partial charge in [-0.15, -0.1) is 24.0 Å². The minimum absolute atomic E-state index is 0. The molecule has 1 aromatic heterocycles. The second-order valence-corrected chi connectivity index (χ2v) is 5.10. The summed E-state index contributed by atoms with van der Waals surface area (Å²) in [6.45, 7) is 6.19. The second kappa shape index (κ2) is 9.24. The van der Waals surface area contributed by atoms with E-state index in [0.717, 1.165) is 42.5 Å². The summed E-state index contributed by atoms with van der Waals surface area (Å²) in [4.78, 5) is 4.22. The number of hydrogen-bond donors (Lipinski definition) is 2. The Bertz CT molecular complexity index is 436. The number of aryl methyl sites for hydroxylation is 2. The number of halogens is 1. The summed E-state index contributed by atoms with van der Waals surface area (Å²) in [5.41, 5.74) is 2.00. The minimum Gasteiger partial charge on any atom is -0.376 e. The molecule has 7 heteroatoms. The summed E-state index contributed by atoms with van der Waals surface area (Å²) in [5, 5.41) is 10.5. The fourth-order valence-corrected chi connectivity index (χ4v) is 2.33. The molecular weight excluding hydrogens is 383 g/mol. The predicted octanol–water partition coefficient (Wildman–Crippen LogP) is 2.14. The van der Waals surface area contributed by atoms with E-state index in [0.29, 0.717) is 12.6 Å². The Morgan fingerprint density at radius 3 is 2.71 bits per heavy atom. The van der Waals surface area contributed by atoms with Crippen LogP contribution < -0.4 is 10.6 Å². The van der Waals surface area contributed by atoms with Gasteiger partial charge in [0.1, 0.15) is 5.76 Å². The minimum atomic E-state index is 0. The van der Waals surface area contributed by atoms with Gasteiger partial charge in [0.2, 0.25) is 0 Å². The number of aromatic nitrogens is 1. The molecule has 1 atom stereocenters. The molecule has 1 unspecified atom stereocenters. The van der Waals surface area contributed by atoms with Crippen LogP contribution in [0.4, 0.5) is 0 Å². The first-order valence-electron chi connectivity index (χ1n) is 7.18. The summed E-state index contributed by atoms with van der Waals surface area (Å²) in [5.74, 6) is 1.63. The van der Waals surface area contributed by atoms with Gasteiger partial charge in [-0.1, -0.05) is 5.16 Å². The van der Waals surface area contributed by atoms with E-state index in [1.165, 1.54) is 12.8 Å². The van der Waals surface area contributed by atoms with Crippen molar-refractivity contribution in [3.8, 4) is 0 Å². The molecule has 2 heterocycles. The summed E-state index contributed by atoms with van der Waals surface area (Å²) >= 11 is 0. The van der Waals surface area contributed by atoms with E-state index in [1.807, 2.05) is 13.8 Å². The fraction of sp³-hybridized carbons (Fsp3) is 0.714. The third kappa shape index (κ3) is 5.46. The van der Waals surface area contributed by atoms with Gasteiger partial charge >= 0.3 is 0 Å². The molecule has 0 aromatic carbocycles. The van der Waals surface area contributed by atoms with Crippen molar-refractivity contribution in [1.29, 1.82) is 0 Å². The molecule has 0 spiro atoms. The number of nitrogens with one attached hydrogen (secondary N) is 2. The SMILES string of the molecule is CN=C(NCc1c(C)noc1C)NCC1CCCCO1.I. The molecule has 0 saturated carbocycles. The topological polar surface area (TPSA) is 71.7 Å². The highest BCUT2D eigenvalue weighted by Crippen LogP contribution is 2.12. The maximum absolute atomic E-state index is 5.69. The molecule has 0 aliphatic carbocycles. The van der Waals surface area contributed by atoms with Gasteiger partial charge in [0.05, 0.1) is 11.8 Å². The first-order chi connectivity index (χ1) is 9.70. The van der Waals surface area contributed by atoms with Gasteiger partial charge in [-0.2, -0.15) is 0 Å². The first kappa shape index (κ1) is 18.2. The molecule has 21 heavy (non-hydrogen) atoms. The van der Waals surface area contributed by atoms with Crippen molar-refractivity contribution in [3.63, 3.8) is 0 Å². The van der Waals surface area contributed by atoms with E-state index < -0.39 is 0 Å². The van der Waals surface area contributed by atoms with E-state index in [4.69, 9.17) is 9.26 Å². The van der Waals surface area contributed by atoms with Crippen LogP contribution in [0.1, 0.15) is 36.3 Å². The quantitative estimate of drug-likeness (QED) is 0.454. The molecule has 2 N–H and O–H groups in total. The highest BCUT2D eigenvalue weighted by atomic mass is 127. The summed E-state index contributed by atoms with van der Waals surface area (Å²) < 4.78 is 10.8. The van der Waals surface area contributed by atoms with Crippen LogP contribution in [0.15, 0.2) is 9.52 Å². The van der Waals surface area contributed by atoms with Crippen LogP contribution in [0.25, 0.3) is 0 Å². The molecular formula is C14H25IN4O2. The van der Waals surface area contributed by atoms with E-state index in [9.17, 15) is 0 Å². The molecule has 0 amide bonds. The first-order valence-corrected chi connectivity index (χ1v) is 7.18. The van der Waals surface area contributed by atoms with Gasteiger partial charge in [-0.25, -0.2) is 0 Å². The Morgan fingerprint density at radius 1 is 1.33 bits per heavy atom. The van der Waals surface area contributed by atoms with Crippen LogP contribution in [-0.2, 0) is 11.3 Å². The summed E-state index contributed by atoms with van der Waals surface area (Å²) in [6.07, 6.45) is 3.84. The zero-order valence-corrected chi connectivity index (χ0v) is 15.3. The average molecular weight is 408 g/mol. The van der Waals surface area contributed by atoms with Crippen molar-refractivity contribution >= 4 is 29.9 Å². The molecule has 0 bridgehead atoms. The lowest BCUT2D eigenvalue weighted by Gasteiger charge is -2.23. The largest absolute Gasteiger partial charge is 0.376 e. The zero-order valence-electron chi connectivity index (χ0n) is 12.9. The number of rotatable bonds is 4. The fourth-order valence-electron chi connectivity index (χ4n) is 2.33. The van der Waals surface area contributed by atoms with Crippen LogP contribution in [0, 0.1) is 13.8 Å². The third-order valence-corrected chi connectivity index (χ3v) is 3.61. The zero-order chi connectivity index (χ0) is 14.4. The highest BCUT2D eigenvalue weighted by molar-refractivity contribution is 14.0. The molecule has 2 rings (SSSR count). The van der Waals surface area contributed by atoms with Gasteiger partial charge in [-0.05, 0) is 33.1 Å². The lowest BCUT2D eigenvalue weighted by Crippen LogP contribution is -2.42. The van der Waals surface area contributed by atoms with Crippen molar-refractivity contribution in [1.82, 2.24) is 15.8 Å². The van der Waals surface area contributed by atoms with Gasteiger partial charge in [0.25, 0.3) is 0 Å². The lowest BCUT2D eigenvalue weighted by molar-refractivity contribution is 0.0194. The molecule has 1 aromatic rings. The van der Waals surface area contributed by atoms with Crippen molar-refractivity contribution in [2.75, 3.05) is 20.2 Å². The highest BCUT2D eigenvalue weighted by Gasteiger charge is 2.14. The van der Waals surface area contributed by atoms with Gasteiger partial charge in [-0.3, -0.25) is 4.99 Å². The second-order valence-electron chi connectivity index (χ2n) is 5.10. The van der Waals surface area contributed by atoms with E-state index >= 15 is 0 Å². The predicted molar refractivity (Wildman–Crippen MR) is 93.2 cm³/mol. The van der Waals surface area contributed by atoms with E-state index in [1.54, 1.807) is 7.05 Å². The number of hydrogen-bond acceptors (Lipinski definition) is 4. The number of aliphatic imine (C=N–C) groups is 1. The number of guanidine groups is 1. The molecule has 6 nitrogen and oxygen atoms in total. The van der Waals surface area contributed by atoms with Crippen LogP contribution >= 0.6 is 24.0 Å². The lowest BCUT2D eigenvalue weighted by atomic mass is 10.1. The van der Waals surface area contributed by atoms with Crippen molar-refractivity contribution in [3.05, 3.63) is 17.0 Å². The van der Waals surface area contributed by atoms with Gasteiger partial charge in [0.15, 0.2) is 5.96 Å². The number of ether oxygens (including phenoxy) is 1. The van der Waals surface area contributed by atoms with Crippen LogP contribution in [-0.4, -0.2) is 37.4 Å². The van der Waals surface area contributed by atoms with Crippen molar-refractivity contribution < 1.29 is 9.26 Å². The van der Waals surface area contributed by atoms with Gasteiger partial charge < -0.3 is 19.9 Å². The molecule has 120 valence electrons. The van der Waals surface area contributed by atoms with Crippen LogP contribution in [0.2, 0.25) is 0 Å². The van der Waals surface area contributed by atoms with Crippen molar-refractivity contribution in [2.45, 2.75) is 45.8 Å². The van der Waals surface area contributed by atoms with E-state index in [2.05, 4.69) is 20.8 Å². The normalized spacial score (nSPS) is 19.0. The Kier molecular flexibility index (Phi) is 8.02. The Labute approximate surface area is 143 Å². The van der Waals surface area contributed by atoms with Crippen molar-refractivity contribution in [2.24, 2.45) is 4.99 Å². The summed E-state index contributed by atoms with van der Waals surface area (Å²) in [7, 11) is 1.77. The Balaban J connectivity index is 0.00000220. The Morgan fingerprint density at radius 2 is 2.14 bits per heavy atom. The molecule has 1 aliphatic rings. The Hall–Kier alpha value is -0.830. The van der Waals surface area contributed by atoms with Gasteiger partial charge in [0, 0.05) is 32.3 Å². The number of nitrogens with zero attached hydrogens (tertiary/aromatic N) is 2. The third-order valence-electron chi connectivity index (χ3n) is 3.61. The molecule has 0 radical (unpaired) electrons. The van der Waals surface area contributed by atoms with Crippen LogP contribution in [0.5, 0.6) is 0 Å². The maximum Gasteiger partial charge on any atom is 0.191 e. The monoisotopic (exact) mass is 408 g/mol. The molecule has 1 aliphatic heterocycles. The standard InChI is InChI=1S/C14H24N4O2.HI/c1-10-13(11(2)20-18-10)9-17-14(15-3)16-8-12-6-4-5-7-19-12;/h12H,4-9H2,1-3H3,(H2,15,16,17);1H. The smallest absolute Gasteiger partial charge is 0.191 e. The molecule has 1 fully saturated rings. The summed E-state index contributed by atoms with van der Waals surface area (Å²) in [6, 6.07) is 0. The van der Waals surface area contributed by atoms with Crippen LogP contribution in [0.3, 0.4) is 0 Å². The van der Waals surface area contributed by atoms with E-state index in [-0.39, 0.29) is 24.0 Å². The average Bonchev–Trinajstić information content (AvgIpc) is 2.80. The maximum atomic E-state index is 5.69. The molecule has 1 saturated heterocycles.